The minimum Gasteiger partial charge on any atom is -0.395 e. The van der Waals surface area contributed by atoms with Gasteiger partial charge in [0.15, 0.2) is 0 Å². The van der Waals surface area contributed by atoms with Crippen molar-refractivity contribution in [3.05, 3.63) is 36.0 Å². The molecule has 2 rings (SSSR count). The van der Waals surface area contributed by atoms with E-state index in [1.807, 2.05) is 30.3 Å². The molecule has 0 bridgehead atoms. The zero-order chi connectivity index (χ0) is 14.4. The quantitative estimate of drug-likeness (QED) is 0.813. The average molecular weight is 274 g/mol. The summed E-state index contributed by atoms with van der Waals surface area (Å²) in [5.41, 5.74) is 2.59. The lowest BCUT2D eigenvalue weighted by Gasteiger charge is -2.25. The van der Waals surface area contributed by atoms with Crippen LogP contribution in [0.4, 0.5) is 5.69 Å². The second kappa shape index (κ2) is 7.22. The zero-order valence-corrected chi connectivity index (χ0v) is 11.9. The van der Waals surface area contributed by atoms with Crippen molar-refractivity contribution in [2.45, 2.75) is 26.4 Å². The standard InChI is InChI=1S/C16H22N2O2/c1-2-3-8-18(9-10-19)16-11-13(12-20)17-15-7-5-4-6-14(15)16/h4-7,11,19-20H,2-3,8-10,12H2,1H3. The van der Waals surface area contributed by atoms with E-state index >= 15 is 0 Å². The van der Waals surface area contributed by atoms with Crippen LogP contribution >= 0.6 is 0 Å². The van der Waals surface area contributed by atoms with Gasteiger partial charge in [-0.05, 0) is 18.6 Å². The van der Waals surface area contributed by atoms with Gasteiger partial charge in [0.2, 0.25) is 0 Å². The van der Waals surface area contributed by atoms with E-state index in [2.05, 4.69) is 16.8 Å². The van der Waals surface area contributed by atoms with Gasteiger partial charge in [0.25, 0.3) is 0 Å². The molecule has 0 aliphatic carbocycles. The Morgan fingerprint density at radius 3 is 2.65 bits per heavy atom. The summed E-state index contributed by atoms with van der Waals surface area (Å²) in [5.74, 6) is 0. The van der Waals surface area contributed by atoms with Crippen LogP contribution in [0.3, 0.4) is 0 Å². The number of aliphatic hydroxyl groups is 2. The van der Waals surface area contributed by atoms with Crippen LogP contribution < -0.4 is 4.90 Å². The Hall–Kier alpha value is -1.65. The number of fused-ring (bicyclic) bond motifs is 1. The molecule has 0 unspecified atom stereocenters. The molecule has 1 heterocycles. The first-order valence-electron chi connectivity index (χ1n) is 7.15. The number of rotatable bonds is 7. The number of unbranched alkanes of at least 4 members (excludes halogenated alkanes) is 1. The van der Waals surface area contributed by atoms with Crippen LogP contribution in [-0.4, -0.2) is 34.9 Å². The fourth-order valence-electron chi connectivity index (χ4n) is 2.38. The highest BCUT2D eigenvalue weighted by molar-refractivity contribution is 5.92. The SMILES string of the molecule is CCCCN(CCO)c1cc(CO)nc2ccccc12. The van der Waals surface area contributed by atoms with E-state index in [0.717, 1.165) is 36.0 Å². The Balaban J connectivity index is 2.47. The van der Waals surface area contributed by atoms with E-state index < -0.39 is 0 Å². The third-order valence-electron chi connectivity index (χ3n) is 3.40. The molecule has 4 heteroatoms. The first-order valence-corrected chi connectivity index (χ1v) is 7.15. The minimum absolute atomic E-state index is 0.0709. The van der Waals surface area contributed by atoms with Gasteiger partial charge in [0, 0.05) is 24.2 Å². The molecule has 0 saturated heterocycles. The van der Waals surface area contributed by atoms with Crippen molar-refractivity contribution >= 4 is 16.6 Å². The van der Waals surface area contributed by atoms with Crippen LogP contribution in [0.25, 0.3) is 10.9 Å². The Morgan fingerprint density at radius 2 is 1.95 bits per heavy atom. The lowest BCUT2D eigenvalue weighted by molar-refractivity contribution is 0.277. The van der Waals surface area contributed by atoms with Gasteiger partial charge in [-0.3, -0.25) is 4.98 Å². The number of anilines is 1. The highest BCUT2D eigenvalue weighted by Gasteiger charge is 2.11. The second-order valence-corrected chi connectivity index (χ2v) is 4.87. The van der Waals surface area contributed by atoms with Gasteiger partial charge in [0.05, 0.1) is 24.4 Å². The van der Waals surface area contributed by atoms with Gasteiger partial charge in [-0.2, -0.15) is 0 Å². The number of para-hydroxylation sites is 1. The van der Waals surface area contributed by atoms with E-state index in [4.69, 9.17) is 0 Å². The lowest BCUT2D eigenvalue weighted by Crippen LogP contribution is -2.28. The van der Waals surface area contributed by atoms with Crippen LogP contribution in [0.15, 0.2) is 30.3 Å². The summed E-state index contributed by atoms with van der Waals surface area (Å²) in [5, 5.41) is 19.7. The first kappa shape index (κ1) is 14.8. The van der Waals surface area contributed by atoms with E-state index in [1.165, 1.54) is 0 Å². The van der Waals surface area contributed by atoms with E-state index in [9.17, 15) is 10.2 Å². The molecule has 0 aliphatic rings. The number of benzene rings is 1. The monoisotopic (exact) mass is 274 g/mol. The summed E-state index contributed by atoms with van der Waals surface area (Å²) in [6.45, 7) is 3.70. The first-order chi connectivity index (χ1) is 9.80. The highest BCUT2D eigenvalue weighted by atomic mass is 16.3. The Kier molecular flexibility index (Phi) is 5.32. The number of aromatic nitrogens is 1. The average Bonchev–Trinajstić information content (AvgIpc) is 2.50. The van der Waals surface area contributed by atoms with Crippen molar-refractivity contribution in [3.63, 3.8) is 0 Å². The molecule has 0 aliphatic heterocycles. The van der Waals surface area contributed by atoms with Crippen LogP contribution in [0.5, 0.6) is 0 Å². The van der Waals surface area contributed by atoms with Crippen LogP contribution in [0.1, 0.15) is 25.5 Å². The summed E-state index contributed by atoms with van der Waals surface area (Å²) < 4.78 is 0. The molecule has 1 aromatic heterocycles. The van der Waals surface area contributed by atoms with Crippen molar-refractivity contribution in [1.82, 2.24) is 4.98 Å². The molecule has 0 saturated carbocycles. The Bertz CT molecular complexity index is 557. The molecule has 108 valence electrons. The van der Waals surface area contributed by atoms with Gasteiger partial charge in [-0.15, -0.1) is 0 Å². The number of pyridine rings is 1. The number of hydrogen-bond donors (Lipinski definition) is 2. The van der Waals surface area contributed by atoms with Gasteiger partial charge in [-0.25, -0.2) is 0 Å². The van der Waals surface area contributed by atoms with Gasteiger partial charge in [-0.1, -0.05) is 31.5 Å². The van der Waals surface area contributed by atoms with Gasteiger partial charge < -0.3 is 15.1 Å². The van der Waals surface area contributed by atoms with E-state index in [-0.39, 0.29) is 13.2 Å². The molecule has 2 N–H and O–H groups in total. The molecule has 1 aromatic carbocycles. The molecular weight excluding hydrogens is 252 g/mol. The predicted molar refractivity (Wildman–Crippen MR) is 81.9 cm³/mol. The molecule has 0 amide bonds. The number of hydrogen-bond acceptors (Lipinski definition) is 4. The summed E-state index contributed by atoms with van der Waals surface area (Å²) in [6, 6.07) is 9.85. The van der Waals surface area contributed by atoms with Crippen molar-refractivity contribution in [3.8, 4) is 0 Å². The van der Waals surface area contributed by atoms with Crippen LogP contribution in [-0.2, 0) is 6.61 Å². The predicted octanol–water partition coefficient (Wildman–Crippen LogP) is 2.33. The summed E-state index contributed by atoms with van der Waals surface area (Å²) in [4.78, 5) is 6.61. The highest BCUT2D eigenvalue weighted by Crippen LogP contribution is 2.27. The number of nitrogens with zero attached hydrogens (tertiary/aromatic N) is 2. The largest absolute Gasteiger partial charge is 0.395 e. The van der Waals surface area contributed by atoms with Gasteiger partial charge >= 0.3 is 0 Å². The summed E-state index contributed by atoms with van der Waals surface area (Å²) >= 11 is 0. The molecule has 0 fully saturated rings. The molecule has 0 atom stereocenters. The smallest absolute Gasteiger partial charge is 0.0854 e. The van der Waals surface area contributed by atoms with E-state index in [1.54, 1.807) is 0 Å². The summed E-state index contributed by atoms with van der Waals surface area (Å²) in [6.07, 6.45) is 2.18. The molecule has 20 heavy (non-hydrogen) atoms. The fraction of sp³-hybridized carbons (Fsp3) is 0.438. The lowest BCUT2D eigenvalue weighted by atomic mass is 10.1. The molecule has 2 aromatic rings. The third kappa shape index (κ3) is 3.26. The Morgan fingerprint density at radius 1 is 1.15 bits per heavy atom. The van der Waals surface area contributed by atoms with Crippen LogP contribution in [0.2, 0.25) is 0 Å². The minimum atomic E-state index is -0.0709. The maximum absolute atomic E-state index is 9.38. The maximum atomic E-state index is 9.38. The van der Waals surface area contributed by atoms with E-state index in [0.29, 0.717) is 12.2 Å². The van der Waals surface area contributed by atoms with Crippen molar-refractivity contribution in [2.24, 2.45) is 0 Å². The molecule has 4 nitrogen and oxygen atoms in total. The van der Waals surface area contributed by atoms with Crippen molar-refractivity contribution in [2.75, 3.05) is 24.6 Å². The molecule has 0 spiro atoms. The maximum Gasteiger partial charge on any atom is 0.0854 e. The van der Waals surface area contributed by atoms with Gasteiger partial charge in [0.1, 0.15) is 0 Å². The topological polar surface area (TPSA) is 56.6 Å². The fourth-order valence-corrected chi connectivity index (χ4v) is 2.38. The second-order valence-electron chi connectivity index (χ2n) is 4.87. The normalized spacial score (nSPS) is 10.9. The van der Waals surface area contributed by atoms with Crippen molar-refractivity contribution < 1.29 is 10.2 Å². The summed E-state index contributed by atoms with van der Waals surface area (Å²) in [7, 11) is 0. The Labute approximate surface area is 119 Å². The van der Waals surface area contributed by atoms with Crippen molar-refractivity contribution in [1.29, 1.82) is 0 Å². The third-order valence-corrected chi connectivity index (χ3v) is 3.40. The van der Waals surface area contributed by atoms with Crippen LogP contribution in [0, 0.1) is 0 Å². The zero-order valence-electron chi connectivity index (χ0n) is 11.9. The molecular formula is C16H22N2O2. The molecule has 0 radical (unpaired) electrons. The number of aliphatic hydroxyl groups excluding tert-OH is 2.